The van der Waals surface area contributed by atoms with Crippen LogP contribution in [0.2, 0.25) is 0 Å². The average molecular weight is 565 g/mol. The number of hydrogen-bond donors (Lipinski definition) is 0. The minimum absolute atomic E-state index is 0. The second-order valence-corrected chi connectivity index (χ2v) is 10.8. The first kappa shape index (κ1) is 31.5. The molecule has 0 bridgehead atoms. The van der Waals surface area contributed by atoms with Gasteiger partial charge in [0.05, 0.1) is 0 Å². The zero-order valence-corrected chi connectivity index (χ0v) is 25.9. The summed E-state index contributed by atoms with van der Waals surface area (Å²) in [6.45, 7) is 3.93. The van der Waals surface area contributed by atoms with Crippen molar-refractivity contribution in [3.8, 4) is 11.5 Å². The third kappa shape index (κ3) is 9.58. The van der Waals surface area contributed by atoms with Crippen LogP contribution < -0.4 is 43.5 Å². The molecule has 0 N–H and O–H groups in total. The number of hydrogen-bond acceptors (Lipinski definition) is 6. The van der Waals surface area contributed by atoms with Gasteiger partial charge in [-0.3, -0.25) is 9.59 Å². The summed E-state index contributed by atoms with van der Waals surface area (Å²) in [5, 5.41) is 0. The van der Waals surface area contributed by atoms with Gasteiger partial charge in [0.2, 0.25) is 0 Å². The quantitative estimate of drug-likeness (QED) is 0.147. The van der Waals surface area contributed by atoms with Gasteiger partial charge in [-0.25, -0.2) is 4.57 Å². The maximum absolute atomic E-state index is 12.6. The van der Waals surface area contributed by atoms with E-state index in [9.17, 15) is 19.0 Å². The fraction of sp³-hybridized carbons (Fsp3) is 0.188. The molecule has 0 fully saturated rings. The summed E-state index contributed by atoms with van der Waals surface area (Å²) in [4.78, 5) is 37.6. The molecular formula is C32H30NaO6P. The standard InChI is InChI=1S/C32H31O6P.Na/c1-23-9-15-27(16-10-23)31(33)19-13-25-5-3-7-29(21-25)37-39(35,36)38-30-8-4-6-26(22-30)14-20-32(34)28-17-11-24(2)12-18-28;/h3-12,15-18,21-22H,13-14,19-20H2,1-2H3,(H,35,36);/q;+1/p-1. The fourth-order valence-corrected chi connectivity index (χ4v) is 4.86. The van der Waals surface area contributed by atoms with E-state index in [2.05, 4.69) is 0 Å². The van der Waals surface area contributed by atoms with E-state index < -0.39 is 7.82 Å². The fourth-order valence-electron chi connectivity index (χ4n) is 4.08. The third-order valence-corrected chi connectivity index (χ3v) is 7.13. The van der Waals surface area contributed by atoms with E-state index in [-0.39, 0.29) is 65.5 Å². The van der Waals surface area contributed by atoms with Crippen LogP contribution in [0.3, 0.4) is 0 Å². The van der Waals surface area contributed by atoms with Crippen molar-refractivity contribution in [1.82, 2.24) is 0 Å². The Morgan fingerprint density at radius 2 is 1.02 bits per heavy atom. The molecule has 0 saturated carbocycles. The molecule has 0 saturated heterocycles. The Hall–Kier alpha value is -2.99. The van der Waals surface area contributed by atoms with E-state index in [0.717, 1.165) is 22.3 Å². The van der Waals surface area contributed by atoms with Crippen LogP contribution in [0.4, 0.5) is 0 Å². The van der Waals surface area contributed by atoms with Gasteiger partial charge in [0.15, 0.2) is 11.6 Å². The van der Waals surface area contributed by atoms with Crippen LogP contribution in [-0.2, 0) is 17.4 Å². The minimum atomic E-state index is -4.74. The Morgan fingerprint density at radius 3 is 1.40 bits per heavy atom. The molecule has 0 aliphatic heterocycles. The van der Waals surface area contributed by atoms with Gasteiger partial charge >= 0.3 is 37.4 Å². The van der Waals surface area contributed by atoms with Crippen molar-refractivity contribution in [1.29, 1.82) is 0 Å². The van der Waals surface area contributed by atoms with Crippen LogP contribution in [0, 0.1) is 13.8 Å². The van der Waals surface area contributed by atoms with Gasteiger partial charge in [0, 0.05) is 24.0 Å². The molecule has 0 radical (unpaired) electrons. The maximum atomic E-state index is 12.6. The van der Waals surface area contributed by atoms with Gasteiger partial charge in [0.1, 0.15) is 11.5 Å². The van der Waals surface area contributed by atoms with Crippen molar-refractivity contribution in [3.63, 3.8) is 0 Å². The minimum Gasteiger partial charge on any atom is -0.736 e. The van der Waals surface area contributed by atoms with Gasteiger partial charge in [0.25, 0.3) is 0 Å². The van der Waals surface area contributed by atoms with E-state index in [0.29, 0.717) is 24.0 Å². The van der Waals surface area contributed by atoms with Crippen molar-refractivity contribution >= 4 is 19.4 Å². The third-order valence-electron chi connectivity index (χ3n) is 6.26. The van der Waals surface area contributed by atoms with Crippen LogP contribution in [0.15, 0.2) is 97.1 Å². The molecule has 0 aliphatic rings. The molecule has 4 rings (SSSR count). The van der Waals surface area contributed by atoms with Gasteiger partial charge < -0.3 is 13.9 Å². The van der Waals surface area contributed by atoms with E-state index in [1.54, 1.807) is 48.5 Å². The molecule has 0 heterocycles. The number of benzene rings is 4. The number of rotatable bonds is 12. The Balaban J connectivity index is 0.00000441. The molecule has 0 aliphatic carbocycles. The monoisotopic (exact) mass is 564 g/mol. The van der Waals surface area contributed by atoms with Crippen LogP contribution >= 0.6 is 7.82 Å². The number of phosphoric acid groups is 1. The molecule has 6 nitrogen and oxygen atoms in total. The van der Waals surface area contributed by atoms with E-state index in [1.165, 1.54) is 12.1 Å². The van der Waals surface area contributed by atoms with Crippen molar-refractivity contribution in [2.45, 2.75) is 39.5 Å². The summed E-state index contributed by atoms with van der Waals surface area (Å²) in [7, 11) is -4.74. The largest absolute Gasteiger partial charge is 1.00 e. The van der Waals surface area contributed by atoms with Gasteiger partial charge in [-0.15, -0.1) is 0 Å². The second-order valence-electron chi connectivity index (χ2n) is 9.50. The zero-order valence-electron chi connectivity index (χ0n) is 23.0. The molecule has 40 heavy (non-hydrogen) atoms. The normalized spacial score (nSPS) is 10.9. The summed E-state index contributed by atoms with van der Waals surface area (Å²) in [6, 6.07) is 28.0. The zero-order chi connectivity index (χ0) is 27.8. The van der Waals surface area contributed by atoms with Crippen molar-refractivity contribution in [2.75, 3.05) is 0 Å². The summed E-state index contributed by atoms with van der Waals surface area (Å²) >= 11 is 0. The Bertz CT molecular complexity index is 1390. The molecule has 4 aromatic rings. The topological polar surface area (TPSA) is 92.7 Å². The summed E-state index contributed by atoms with van der Waals surface area (Å²) in [5.74, 6) is 0.237. The first-order chi connectivity index (χ1) is 18.7. The van der Waals surface area contributed by atoms with Crippen molar-refractivity contribution in [3.05, 3.63) is 130 Å². The molecule has 0 unspecified atom stereocenters. The molecule has 200 valence electrons. The van der Waals surface area contributed by atoms with E-state index in [1.807, 2.05) is 50.2 Å². The van der Waals surface area contributed by atoms with Crippen LogP contribution in [0.1, 0.15) is 55.8 Å². The number of ketones is 2. The number of phosphoric ester groups is 1. The number of aryl methyl sites for hydroxylation is 4. The van der Waals surface area contributed by atoms with E-state index in [4.69, 9.17) is 9.05 Å². The molecular weight excluding hydrogens is 534 g/mol. The molecule has 0 spiro atoms. The average Bonchev–Trinajstić information content (AvgIpc) is 2.91. The number of Topliss-reactive ketones (excluding diaryl/α,β-unsaturated/α-hetero) is 2. The van der Waals surface area contributed by atoms with Crippen LogP contribution in [0.5, 0.6) is 11.5 Å². The number of carbonyl (C=O) groups excluding carboxylic acids is 2. The molecule has 8 heteroatoms. The molecule has 0 atom stereocenters. The Kier molecular flexibility index (Phi) is 11.5. The van der Waals surface area contributed by atoms with Gasteiger partial charge in [-0.2, -0.15) is 0 Å². The van der Waals surface area contributed by atoms with Gasteiger partial charge in [-0.05, 0) is 62.1 Å². The Labute approximate surface area is 257 Å². The molecule has 0 aromatic heterocycles. The smallest absolute Gasteiger partial charge is 0.736 e. The van der Waals surface area contributed by atoms with Crippen LogP contribution in [-0.4, -0.2) is 11.6 Å². The Morgan fingerprint density at radius 1 is 0.650 bits per heavy atom. The van der Waals surface area contributed by atoms with Crippen LogP contribution in [0.25, 0.3) is 0 Å². The molecule has 4 aromatic carbocycles. The van der Waals surface area contributed by atoms with Crippen molar-refractivity contribution < 1.29 is 57.7 Å². The maximum Gasteiger partial charge on any atom is 1.00 e. The van der Waals surface area contributed by atoms with Gasteiger partial charge in [-0.1, -0.05) is 83.9 Å². The predicted molar refractivity (Wildman–Crippen MR) is 149 cm³/mol. The van der Waals surface area contributed by atoms with Crippen molar-refractivity contribution in [2.24, 2.45) is 0 Å². The predicted octanol–water partition coefficient (Wildman–Crippen LogP) is 3.86. The SMILES string of the molecule is Cc1ccc(C(=O)CCc2cccc(OP(=O)([O-])Oc3cccc(CCC(=O)c4ccc(C)cc4)c3)c2)cc1.[Na+]. The summed E-state index contributed by atoms with van der Waals surface area (Å²) in [6.07, 6.45) is 1.46. The molecule has 0 amide bonds. The first-order valence-electron chi connectivity index (χ1n) is 12.7. The first-order valence-corrected chi connectivity index (χ1v) is 14.2. The summed E-state index contributed by atoms with van der Waals surface area (Å²) in [5.41, 5.74) is 5.00. The summed E-state index contributed by atoms with van der Waals surface area (Å²) < 4.78 is 23.0. The number of carbonyl (C=O) groups is 2. The second kappa shape index (κ2) is 14.6. The van der Waals surface area contributed by atoms with E-state index >= 15 is 0 Å².